The average Bonchev–Trinajstić information content (AvgIpc) is 3.25. The minimum absolute atomic E-state index is 0.0640. The van der Waals surface area contributed by atoms with Crippen LogP contribution in [0.5, 0.6) is 0 Å². The highest BCUT2D eigenvalue weighted by molar-refractivity contribution is 5.71. The Balaban J connectivity index is 4.33. The third kappa shape index (κ3) is 44.5. The largest absolute Gasteiger partial charge is 0.462 e. The van der Waals surface area contributed by atoms with Gasteiger partial charge >= 0.3 is 17.9 Å². The third-order valence-electron chi connectivity index (χ3n) is 12.9. The molecule has 60 heavy (non-hydrogen) atoms. The molecule has 6 heteroatoms. The van der Waals surface area contributed by atoms with Crippen molar-refractivity contribution in [1.29, 1.82) is 0 Å². The van der Waals surface area contributed by atoms with E-state index in [1.54, 1.807) is 0 Å². The Kier molecular flexibility index (Phi) is 45.7. The molecule has 2 unspecified atom stereocenters. The van der Waals surface area contributed by atoms with Crippen LogP contribution in [0, 0.1) is 11.8 Å². The second-order valence-electron chi connectivity index (χ2n) is 19.0. The van der Waals surface area contributed by atoms with Crippen LogP contribution in [0.2, 0.25) is 0 Å². The van der Waals surface area contributed by atoms with Crippen LogP contribution >= 0.6 is 0 Å². The Bertz CT molecular complexity index is 920. The summed E-state index contributed by atoms with van der Waals surface area (Å²) in [5, 5.41) is 0. The van der Waals surface area contributed by atoms with Gasteiger partial charge in [0.25, 0.3) is 0 Å². The van der Waals surface area contributed by atoms with E-state index in [0.29, 0.717) is 19.3 Å². The van der Waals surface area contributed by atoms with E-state index in [1.807, 2.05) is 0 Å². The monoisotopic (exact) mass is 849 g/mol. The molecule has 0 aliphatic carbocycles. The summed E-state index contributed by atoms with van der Waals surface area (Å²) >= 11 is 0. The molecule has 0 heterocycles. The van der Waals surface area contributed by atoms with Gasteiger partial charge in [-0.1, -0.05) is 259 Å². The second-order valence-corrected chi connectivity index (χ2v) is 19.0. The van der Waals surface area contributed by atoms with Crippen LogP contribution < -0.4 is 0 Å². The first-order chi connectivity index (χ1) is 29.3. The third-order valence-corrected chi connectivity index (χ3v) is 12.9. The SMILES string of the molecule is CCCCCCCCCCCCCCCCCCC(=O)O[C@H](COC(=O)CCCCCCCCCCCCC(C)CC)COC(=O)CCCCCCCCCCC(C)CC. The first-order valence-electron chi connectivity index (χ1n) is 26.8. The quantitative estimate of drug-likeness (QED) is 0.0345. The van der Waals surface area contributed by atoms with Gasteiger partial charge in [-0.05, 0) is 31.1 Å². The summed E-state index contributed by atoms with van der Waals surface area (Å²) in [6, 6.07) is 0. The summed E-state index contributed by atoms with van der Waals surface area (Å²) in [6.07, 6.45) is 47.9. The Morgan fingerprint density at radius 2 is 0.583 bits per heavy atom. The molecule has 0 spiro atoms. The Hall–Kier alpha value is -1.59. The number of esters is 3. The number of carbonyl (C=O) groups excluding carboxylic acids is 3. The molecule has 0 aliphatic heterocycles. The molecule has 0 aromatic carbocycles. The van der Waals surface area contributed by atoms with Crippen LogP contribution in [0.3, 0.4) is 0 Å². The zero-order chi connectivity index (χ0) is 44.0. The highest BCUT2D eigenvalue weighted by Crippen LogP contribution is 2.18. The van der Waals surface area contributed by atoms with E-state index in [9.17, 15) is 14.4 Å². The number of hydrogen-bond acceptors (Lipinski definition) is 6. The predicted molar refractivity (Wildman–Crippen MR) is 256 cm³/mol. The Morgan fingerprint density at radius 3 is 0.867 bits per heavy atom. The van der Waals surface area contributed by atoms with Crippen molar-refractivity contribution in [1.82, 2.24) is 0 Å². The minimum atomic E-state index is -0.762. The molecule has 0 saturated heterocycles. The smallest absolute Gasteiger partial charge is 0.306 e. The first-order valence-corrected chi connectivity index (χ1v) is 26.8. The van der Waals surface area contributed by atoms with Crippen molar-refractivity contribution in [3.8, 4) is 0 Å². The van der Waals surface area contributed by atoms with E-state index >= 15 is 0 Å². The van der Waals surface area contributed by atoms with Crippen LogP contribution in [0.25, 0.3) is 0 Å². The molecular formula is C54H104O6. The lowest BCUT2D eigenvalue weighted by Crippen LogP contribution is -2.30. The zero-order valence-corrected chi connectivity index (χ0v) is 41.1. The first kappa shape index (κ1) is 58.4. The van der Waals surface area contributed by atoms with Gasteiger partial charge in [-0.25, -0.2) is 0 Å². The second kappa shape index (κ2) is 46.9. The lowest BCUT2D eigenvalue weighted by atomic mass is 9.99. The van der Waals surface area contributed by atoms with E-state index in [4.69, 9.17) is 14.2 Å². The van der Waals surface area contributed by atoms with Gasteiger partial charge in [-0.2, -0.15) is 0 Å². The number of ether oxygens (including phenoxy) is 3. The van der Waals surface area contributed by atoms with Crippen molar-refractivity contribution in [2.45, 2.75) is 304 Å². The average molecular weight is 849 g/mol. The molecule has 356 valence electrons. The van der Waals surface area contributed by atoms with Crippen molar-refractivity contribution in [2.75, 3.05) is 13.2 Å². The van der Waals surface area contributed by atoms with Gasteiger partial charge in [-0.3, -0.25) is 14.4 Å². The summed E-state index contributed by atoms with van der Waals surface area (Å²) in [4.78, 5) is 38.0. The van der Waals surface area contributed by atoms with Crippen LogP contribution in [0.1, 0.15) is 298 Å². The Morgan fingerprint density at radius 1 is 0.333 bits per heavy atom. The summed E-state index contributed by atoms with van der Waals surface area (Å²) in [6.45, 7) is 11.4. The Labute approximate surface area is 374 Å². The number of hydrogen-bond donors (Lipinski definition) is 0. The van der Waals surface area contributed by atoms with Crippen molar-refractivity contribution in [2.24, 2.45) is 11.8 Å². The molecule has 0 rings (SSSR count). The topological polar surface area (TPSA) is 78.9 Å². The van der Waals surface area contributed by atoms with E-state index < -0.39 is 6.10 Å². The van der Waals surface area contributed by atoms with Gasteiger partial charge in [0.15, 0.2) is 6.10 Å². The van der Waals surface area contributed by atoms with Crippen LogP contribution in [0.15, 0.2) is 0 Å². The standard InChI is InChI=1S/C54H104O6/c1-6-9-10-11-12-13-14-15-16-17-18-19-24-31-36-41-46-54(57)60-51(48-59-53(56)45-40-35-30-26-25-28-33-38-43-50(5)8-3)47-58-52(55)44-39-34-29-23-21-20-22-27-32-37-42-49(4)7-2/h49-51H,6-48H2,1-5H3/t49?,50?,51-/m1/s1. The fourth-order valence-electron chi connectivity index (χ4n) is 8.10. The number of unbranched alkanes of at least 4 members (excludes halogenated alkanes) is 31. The van der Waals surface area contributed by atoms with Gasteiger partial charge in [0.2, 0.25) is 0 Å². The molecule has 0 amide bonds. The van der Waals surface area contributed by atoms with E-state index in [0.717, 1.165) is 69.6 Å². The van der Waals surface area contributed by atoms with Crippen LogP contribution in [-0.2, 0) is 28.6 Å². The number of carbonyl (C=O) groups is 3. The van der Waals surface area contributed by atoms with Crippen molar-refractivity contribution >= 4 is 17.9 Å². The summed E-state index contributed by atoms with van der Waals surface area (Å²) in [5.74, 6) is 0.870. The summed E-state index contributed by atoms with van der Waals surface area (Å²) < 4.78 is 16.8. The highest BCUT2D eigenvalue weighted by Gasteiger charge is 2.19. The minimum Gasteiger partial charge on any atom is -0.462 e. The fourth-order valence-corrected chi connectivity index (χ4v) is 8.10. The summed E-state index contributed by atoms with van der Waals surface area (Å²) in [7, 11) is 0. The zero-order valence-electron chi connectivity index (χ0n) is 41.1. The molecular weight excluding hydrogens is 745 g/mol. The van der Waals surface area contributed by atoms with Crippen molar-refractivity contribution in [3.63, 3.8) is 0 Å². The van der Waals surface area contributed by atoms with Crippen molar-refractivity contribution in [3.05, 3.63) is 0 Å². The highest BCUT2D eigenvalue weighted by atomic mass is 16.6. The van der Waals surface area contributed by atoms with E-state index in [1.165, 1.54) is 186 Å². The van der Waals surface area contributed by atoms with Crippen LogP contribution in [0.4, 0.5) is 0 Å². The molecule has 0 radical (unpaired) electrons. The molecule has 3 atom stereocenters. The van der Waals surface area contributed by atoms with Gasteiger partial charge in [0, 0.05) is 19.3 Å². The predicted octanol–water partition coefficient (Wildman–Crippen LogP) is 17.3. The van der Waals surface area contributed by atoms with Crippen molar-refractivity contribution < 1.29 is 28.6 Å². The molecule has 0 bridgehead atoms. The molecule has 0 N–H and O–H groups in total. The van der Waals surface area contributed by atoms with Gasteiger partial charge < -0.3 is 14.2 Å². The molecule has 0 aliphatic rings. The van der Waals surface area contributed by atoms with Gasteiger partial charge in [0.05, 0.1) is 0 Å². The molecule has 6 nitrogen and oxygen atoms in total. The number of rotatable bonds is 48. The van der Waals surface area contributed by atoms with Gasteiger partial charge in [-0.15, -0.1) is 0 Å². The van der Waals surface area contributed by atoms with Gasteiger partial charge in [0.1, 0.15) is 13.2 Å². The molecule has 0 saturated carbocycles. The fraction of sp³-hybridized carbons (Fsp3) is 0.944. The summed E-state index contributed by atoms with van der Waals surface area (Å²) in [5.41, 5.74) is 0. The normalized spacial score (nSPS) is 12.9. The lowest BCUT2D eigenvalue weighted by molar-refractivity contribution is -0.167. The molecule has 0 aromatic heterocycles. The van der Waals surface area contributed by atoms with Crippen LogP contribution in [-0.4, -0.2) is 37.2 Å². The maximum atomic E-state index is 12.8. The maximum Gasteiger partial charge on any atom is 0.306 e. The van der Waals surface area contributed by atoms with E-state index in [-0.39, 0.29) is 31.1 Å². The maximum absolute atomic E-state index is 12.8. The van der Waals surface area contributed by atoms with E-state index in [2.05, 4.69) is 34.6 Å². The molecule has 0 aromatic rings. The molecule has 0 fully saturated rings. The lowest BCUT2D eigenvalue weighted by Gasteiger charge is -2.18.